The van der Waals surface area contributed by atoms with Crippen molar-refractivity contribution in [2.24, 2.45) is 0 Å². The summed E-state index contributed by atoms with van der Waals surface area (Å²) in [6.07, 6.45) is -0.279. The minimum Gasteiger partial charge on any atom is -0.362 e. The number of thiophene rings is 1. The van der Waals surface area contributed by atoms with Crippen LogP contribution in [-0.4, -0.2) is 20.8 Å². The van der Waals surface area contributed by atoms with Crippen molar-refractivity contribution in [3.05, 3.63) is 63.6 Å². The van der Waals surface area contributed by atoms with E-state index in [1.165, 1.54) is 17.5 Å². The molecule has 3 aromatic heterocycles. The number of nitrogens with zero attached hydrogens (tertiary/aromatic N) is 4. The predicted octanol–water partition coefficient (Wildman–Crippen LogP) is 3.70. The van der Waals surface area contributed by atoms with Crippen LogP contribution in [0.1, 0.15) is 33.6 Å². The van der Waals surface area contributed by atoms with Crippen LogP contribution in [0.5, 0.6) is 0 Å². The number of pyridine rings is 1. The van der Waals surface area contributed by atoms with Gasteiger partial charge in [-0.15, -0.1) is 11.3 Å². The zero-order valence-corrected chi connectivity index (χ0v) is 14.9. The fourth-order valence-electron chi connectivity index (χ4n) is 2.93. The average Bonchev–Trinajstić information content (AvgIpc) is 3.17. The van der Waals surface area contributed by atoms with Crippen LogP contribution in [0.2, 0.25) is 0 Å². The third-order valence-electron chi connectivity index (χ3n) is 4.27. The Labute approximate surface area is 161 Å². The molecule has 2 N–H and O–H groups in total. The molecule has 28 heavy (non-hydrogen) atoms. The zero-order valence-electron chi connectivity index (χ0n) is 14.1. The minimum absolute atomic E-state index is 0.0110. The van der Waals surface area contributed by atoms with E-state index in [9.17, 15) is 13.2 Å². The van der Waals surface area contributed by atoms with E-state index >= 15 is 0 Å². The largest absolute Gasteiger partial charge is 0.451 e. The second-order valence-electron chi connectivity index (χ2n) is 6.14. The normalized spacial score (nSPS) is 16.2. The first-order valence-corrected chi connectivity index (χ1v) is 8.95. The highest BCUT2D eigenvalue weighted by Crippen LogP contribution is 2.34. The van der Waals surface area contributed by atoms with Gasteiger partial charge in [0.2, 0.25) is 5.82 Å². The number of halogens is 3. The van der Waals surface area contributed by atoms with E-state index in [1.54, 1.807) is 12.3 Å². The lowest BCUT2D eigenvalue weighted by atomic mass is 9.99. The minimum atomic E-state index is -4.63. The second kappa shape index (κ2) is 6.69. The summed E-state index contributed by atoms with van der Waals surface area (Å²) < 4.78 is 38.7. The number of hydrogen-bond acceptors (Lipinski definition) is 6. The van der Waals surface area contributed by atoms with Crippen LogP contribution in [0.3, 0.4) is 0 Å². The molecule has 140 valence electrons. The number of alkyl halides is 3. The van der Waals surface area contributed by atoms with Gasteiger partial charge >= 0.3 is 6.18 Å². The fraction of sp³-hybridized carbons (Fsp3) is 0.167. The molecule has 1 atom stereocenters. The summed E-state index contributed by atoms with van der Waals surface area (Å²) in [5, 5.41) is 22.0. The van der Waals surface area contributed by atoms with E-state index in [1.807, 2.05) is 17.5 Å². The SMILES string of the molecule is N#Cc1cncc(-c2csc(C3Cc4nc(C(F)(F)F)ncc4C(=N)N3)c2)c1. The van der Waals surface area contributed by atoms with E-state index in [0.717, 1.165) is 22.2 Å². The van der Waals surface area contributed by atoms with Crippen molar-refractivity contribution in [1.82, 2.24) is 20.3 Å². The van der Waals surface area contributed by atoms with Crippen molar-refractivity contribution < 1.29 is 13.2 Å². The Kier molecular flexibility index (Phi) is 4.31. The molecule has 4 heterocycles. The molecule has 0 amide bonds. The van der Waals surface area contributed by atoms with E-state index in [4.69, 9.17) is 10.7 Å². The second-order valence-corrected chi connectivity index (χ2v) is 7.08. The summed E-state index contributed by atoms with van der Waals surface area (Å²) in [5.74, 6) is -1.21. The zero-order chi connectivity index (χ0) is 19.9. The van der Waals surface area contributed by atoms with E-state index in [2.05, 4.69) is 20.3 Å². The highest BCUT2D eigenvalue weighted by molar-refractivity contribution is 7.10. The summed E-state index contributed by atoms with van der Waals surface area (Å²) in [7, 11) is 0. The Bertz CT molecular complexity index is 1110. The van der Waals surface area contributed by atoms with E-state index in [-0.39, 0.29) is 29.6 Å². The van der Waals surface area contributed by atoms with Crippen LogP contribution >= 0.6 is 11.3 Å². The maximum atomic E-state index is 12.9. The van der Waals surface area contributed by atoms with Crippen molar-refractivity contribution in [1.29, 1.82) is 10.7 Å². The van der Waals surface area contributed by atoms with E-state index in [0.29, 0.717) is 5.56 Å². The number of nitriles is 1. The van der Waals surface area contributed by atoms with Crippen molar-refractivity contribution in [3.8, 4) is 17.2 Å². The van der Waals surface area contributed by atoms with Crippen molar-refractivity contribution >= 4 is 17.2 Å². The Balaban J connectivity index is 1.64. The van der Waals surface area contributed by atoms with Gasteiger partial charge in [0.15, 0.2) is 0 Å². The molecular weight excluding hydrogens is 389 g/mol. The Hall–Kier alpha value is -3.32. The fourth-order valence-corrected chi connectivity index (χ4v) is 3.90. The van der Waals surface area contributed by atoms with Crippen LogP contribution in [0, 0.1) is 16.7 Å². The van der Waals surface area contributed by atoms with Gasteiger partial charge in [0.05, 0.1) is 22.9 Å². The molecule has 0 aromatic carbocycles. The topological polar surface area (TPSA) is 98.3 Å². The summed E-state index contributed by atoms with van der Waals surface area (Å²) in [5.41, 5.74) is 2.52. The number of hydrogen-bond donors (Lipinski definition) is 2. The van der Waals surface area contributed by atoms with Crippen molar-refractivity contribution in [2.75, 3.05) is 0 Å². The molecule has 0 bridgehead atoms. The third kappa shape index (κ3) is 3.32. The number of nitrogens with one attached hydrogen (secondary N) is 2. The molecule has 0 aliphatic carbocycles. The van der Waals surface area contributed by atoms with Gasteiger partial charge in [0.25, 0.3) is 0 Å². The van der Waals surface area contributed by atoms with Gasteiger partial charge < -0.3 is 5.32 Å². The number of fused-ring (bicyclic) bond motifs is 1. The lowest BCUT2D eigenvalue weighted by Gasteiger charge is -2.26. The lowest BCUT2D eigenvalue weighted by Crippen LogP contribution is -2.36. The van der Waals surface area contributed by atoms with Gasteiger partial charge in [-0.1, -0.05) is 0 Å². The molecule has 1 aliphatic rings. The van der Waals surface area contributed by atoms with Crippen molar-refractivity contribution in [3.63, 3.8) is 0 Å². The summed E-state index contributed by atoms with van der Waals surface area (Å²) >= 11 is 1.42. The van der Waals surface area contributed by atoms with Crippen LogP contribution in [0.4, 0.5) is 13.2 Å². The molecule has 0 saturated heterocycles. The van der Waals surface area contributed by atoms with Gasteiger partial charge in [-0.05, 0) is 23.1 Å². The monoisotopic (exact) mass is 400 g/mol. The van der Waals surface area contributed by atoms with Gasteiger partial charge in [-0.2, -0.15) is 18.4 Å². The Morgan fingerprint density at radius 1 is 1.21 bits per heavy atom. The maximum Gasteiger partial charge on any atom is 0.451 e. The van der Waals surface area contributed by atoms with Gasteiger partial charge in [-0.3, -0.25) is 10.4 Å². The molecule has 4 rings (SSSR count). The molecule has 1 aliphatic heterocycles. The average molecular weight is 400 g/mol. The molecule has 0 radical (unpaired) electrons. The summed E-state index contributed by atoms with van der Waals surface area (Å²) in [6, 6.07) is 5.26. The highest BCUT2D eigenvalue weighted by Gasteiger charge is 2.36. The number of rotatable bonds is 2. The Morgan fingerprint density at radius 2 is 2.04 bits per heavy atom. The lowest BCUT2D eigenvalue weighted by molar-refractivity contribution is -0.145. The van der Waals surface area contributed by atoms with Crippen LogP contribution in [0.15, 0.2) is 36.1 Å². The predicted molar refractivity (Wildman–Crippen MR) is 95.7 cm³/mol. The third-order valence-corrected chi connectivity index (χ3v) is 5.32. The standard InChI is InChI=1S/C18H11F3N6S/c19-18(20,21)17-25-7-12-13(27-17)3-14(26-16(12)23)15-2-11(8-28-15)10-1-9(4-22)5-24-6-10/h1-2,5-8,14H,3H2,(H2,23,26). The first-order valence-electron chi connectivity index (χ1n) is 8.07. The number of amidine groups is 1. The number of aromatic nitrogens is 3. The van der Waals surface area contributed by atoms with E-state index < -0.39 is 12.0 Å². The molecule has 0 spiro atoms. The molecule has 3 aromatic rings. The quantitative estimate of drug-likeness (QED) is 0.683. The molecule has 6 nitrogen and oxygen atoms in total. The Morgan fingerprint density at radius 3 is 2.79 bits per heavy atom. The first-order chi connectivity index (χ1) is 13.3. The molecule has 10 heteroatoms. The molecule has 0 fully saturated rings. The first kappa shape index (κ1) is 18.1. The van der Waals surface area contributed by atoms with Gasteiger partial charge in [0, 0.05) is 35.5 Å². The van der Waals surface area contributed by atoms with Gasteiger partial charge in [-0.25, -0.2) is 9.97 Å². The molecule has 0 saturated carbocycles. The smallest absolute Gasteiger partial charge is 0.362 e. The summed E-state index contributed by atoms with van der Waals surface area (Å²) in [4.78, 5) is 11.8. The maximum absolute atomic E-state index is 12.9. The van der Waals surface area contributed by atoms with Crippen LogP contribution in [-0.2, 0) is 12.6 Å². The highest BCUT2D eigenvalue weighted by atomic mass is 32.1. The molecule has 1 unspecified atom stereocenters. The van der Waals surface area contributed by atoms with Crippen LogP contribution in [0.25, 0.3) is 11.1 Å². The van der Waals surface area contributed by atoms with Crippen LogP contribution < -0.4 is 5.32 Å². The summed E-state index contributed by atoms with van der Waals surface area (Å²) in [6.45, 7) is 0. The molecular formula is C18H11F3N6S. The van der Waals surface area contributed by atoms with Crippen molar-refractivity contribution in [2.45, 2.75) is 18.6 Å². The van der Waals surface area contributed by atoms with Gasteiger partial charge in [0.1, 0.15) is 11.9 Å².